The molecule has 0 saturated heterocycles. The molecule has 0 bridgehead atoms. The largest absolute Gasteiger partial charge is 0.493 e. The standard InChI is InChI=1S/C16H16FNO3/c1-9-4-14(20-2)15(21-3)8-13(9)16(19)10-5-11(17)7-12(18)6-10/h4-8H,18H2,1-3H3. The first kappa shape index (κ1) is 14.8. The van der Waals surface area contributed by atoms with Crippen LogP contribution in [0, 0.1) is 12.7 Å². The summed E-state index contributed by atoms with van der Waals surface area (Å²) in [5.74, 6) is 0.109. The van der Waals surface area contributed by atoms with Gasteiger partial charge in [0.25, 0.3) is 0 Å². The number of aryl methyl sites for hydroxylation is 1. The van der Waals surface area contributed by atoms with Crippen LogP contribution in [0.1, 0.15) is 21.5 Å². The first-order valence-corrected chi connectivity index (χ1v) is 6.29. The highest BCUT2D eigenvalue weighted by Crippen LogP contribution is 2.31. The number of nitrogens with two attached hydrogens (primary N) is 1. The Morgan fingerprint density at radius 1 is 1.05 bits per heavy atom. The van der Waals surface area contributed by atoms with Crippen molar-refractivity contribution >= 4 is 11.5 Å². The highest BCUT2D eigenvalue weighted by atomic mass is 19.1. The molecule has 0 aliphatic carbocycles. The van der Waals surface area contributed by atoms with E-state index < -0.39 is 5.82 Å². The van der Waals surface area contributed by atoms with Gasteiger partial charge in [0, 0.05) is 16.8 Å². The van der Waals surface area contributed by atoms with Gasteiger partial charge < -0.3 is 15.2 Å². The van der Waals surface area contributed by atoms with Gasteiger partial charge in [-0.2, -0.15) is 0 Å². The van der Waals surface area contributed by atoms with Gasteiger partial charge in [-0.3, -0.25) is 4.79 Å². The molecule has 0 unspecified atom stereocenters. The van der Waals surface area contributed by atoms with Crippen LogP contribution in [0.3, 0.4) is 0 Å². The van der Waals surface area contributed by atoms with Crippen molar-refractivity contribution < 1.29 is 18.7 Å². The summed E-state index contributed by atoms with van der Waals surface area (Å²) in [7, 11) is 3.01. The van der Waals surface area contributed by atoms with E-state index in [1.807, 2.05) is 0 Å². The number of ether oxygens (including phenoxy) is 2. The van der Waals surface area contributed by atoms with E-state index in [9.17, 15) is 9.18 Å². The Morgan fingerprint density at radius 2 is 1.67 bits per heavy atom. The Bertz CT molecular complexity index is 678. The van der Waals surface area contributed by atoms with E-state index in [1.165, 1.54) is 20.3 Å². The van der Waals surface area contributed by atoms with Crippen molar-refractivity contribution in [3.63, 3.8) is 0 Å². The normalized spacial score (nSPS) is 10.3. The van der Waals surface area contributed by atoms with Crippen molar-refractivity contribution in [2.45, 2.75) is 6.92 Å². The molecule has 21 heavy (non-hydrogen) atoms. The summed E-state index contributed by atoms with van der Waals surface area (Å²) in [6, 6.07) is 7.06. The molecule has 0 radical (unpaired) electrons. The quantitative estimate of drug-likeness (QED) is 0.694. The van der Waals surface area contributed by atoms with E-state index in [4.69, 9.17) is 15.2 Å². The van der Waals surface area contributed by atoms with Crippen LogP contribution in [0.4, 0.5) is 10.1 Å². The van der Waals surface area contributed by atoms with Crippen LogP contribution >= 0.6 is 0 Å². The Balaban J connectivity index is 2.52. The van der Waals surface area contributed by atoms with Gasteiger partial charge in [0.05, 0.1) is 14.2 Å². The summed E-state index contributed by atoms with van der Waals surface area (Å²) in [5.41, 5.74) is 7.10. The second kappa shape index (κ2) is 5.83. The van der Waals surface area contributed by atoms with Crippen molar-refractivity contribution in [1.29, 1.82) is 0 Å². The van der Waals surface area contributed by atoms with Gasteiger partial charge in [-0.05, 0) is 42.8 Å². The Morgan fingerprint density at radius 3 is 2.24 bits per heavy atom. The number of hydrogen-bond donors (Lipinski definition) is 1. The van der Waals surface area contributed by atoms with Crippen molar-refractivity contribution in [1.82, 2.24) is 0 Å². The van der Waals surface area contributed by atoms with Crippen LogP contribution in [-0.2, 0) is 0 Å². The lowest BCUT2D eigenvalue weighted by Gasteiger charge is -2.12. The van der Waals surface area contributed by atoms with E-state index in [0.29, 0.717) is 22.6 Å². The minimum Gasteiger partial charge on any atom is -0.493 e. The maximum atomic E-state index is 13.4. The SMILES string of the molecule is COc1cc(C)c(C(=O)c2cc(N)cc(F)c2)cc1OC. The molecule has 0 atom stereocenters. The minimum atomic E-state index is -0.545. The third-order valence-electron chi connectivity index (χ3n) is 3.16. The molecule has 0 aliphatic rings. The third-order valence-corrected chi connectivity index (χ3v) is 3.16. The predicted octanol–water partition coefficient (Wildman–Crippen LogP) is 2.96. The third kappa shape index (κ3) is 2.97. The molecule has 0 fully saturated rings. The van der Waals surface area contributed by atoms with Crippen molar-refractivity contribution in [3.8, 4) is 11.5 Å². The molecule has 0 amide bonds. The molecule has 0 aliphatic heterocycles. The number of halogens is 1. The zero-order valence-electron chi connectivity index (χ0n) is 12.1. The fourth-order valence-electron chi connectivity index (χ4n) is 2.12. The van der Waals surface area contributed by atoms with E-state index in [0.717, 1.165) is 12.1 Å². The summed E-state index contributed by atoms with van der Waals surface area (Å²) in [6.45, 7) is 1.78. The number of nitrogen functional groups attached to an aromatic ring is 1. The van der Waals surface area contributed by atoms with Crippen LogP contribution in [0.5, 0.6) is 11.5 Å². The van der Waals surface area contributed by atoms with E-state index in [2.05, 4.69) is 0 Å². The molecule has 2 aromatic rings. The maximum Gasteiger partial charge on any atom is 0.193 e. The fraction of sp³-hybridized carbons (Fsp3) is 0.188. The number of rotatable bonds is 4. The van der Waals surface area contributed by atoms with Gasteiger partial charge in [-0.15, -0.1) is 0 Å². The molecule has 2 rings (SSSR count). The monoisotopic (exact) mass is 289 g/mol. The Labute approximate surface area is 122 Å². The van der Waals surface area contributed by atoms with Crippen molar-refractivity contribution in [2.75, 3.05) is 20.0 Å². The second-order valence-corrected chi connectivity index (χ2v) is 4.62. The van der Waals surface area contributed by atoms with Crippen LogP contribution in [0.25, 0.3) is 0 Å². The number of hydrogen-bond acceptors (Lipinski definition) is 4. The van der Waals surface area contributed by atoms with Gasteiger partial charge in [0.15, 0.2) is 17.3 Å². The fourth-order valence-corrected chi connectivity index (χ4v) is 2.12. The number of benzene rings is 2. The topological polar surface area (TPSA) is 61.5 Å². The minimum absolute atomic E-state index is 0.197. The van der Waals surface area contributed by atoms with Gasteiger partial charge in [-0.25, -0.2) is 4.39 Å². The number of carbonyl (C=O) groups excluding carboxylic acids is 1. The van der Waals surface area contributed by atoms with Crippen LogP contribution in [0.2, 0.25) is 0 Å². The second-order valence-electron chi connectivity index (χ2n) is 4.62. The molecule has 0 heterocycles. The lowest BCUT2D eigenvalue weighted by Crippen LogP contribution is -2.06. The number of ketones is 1. The van der Waals surface area contributed by atoms with E-state index >= 15 is 0 Å². The molecular weight excluding hydrogens is 273 g/mol. The molecule has 110 valence electrons. The summed E-state index contributed by atoms with van der Waals surface area (Å²) in [5, 5.41) is 0. The van der Waals surface area contributed by atoms with Gasteiger partial charge >= 0.3 is 0 Å². The lowest BCUT2D eigenvalue weighted by molar-refractivity contribution is 0.103. The zero-order valence-corrected chi connectivity index (χ0v) is 12.1. The van der Waals surface area contributed by atoms with Gasteiger partial charge in [0.1, 0.15) is 5.82 Å². The molecule has 0 saturated carbocycles. The van der Waals surface area contributed by atoms with Crippen LogP contribution < -0.4 is 15.2 Å². The Kier molecular flexibility index (Phi) is 4.12. The van der Waals surface area contributed by atoms with Crippen molar-refractivity contribution in [3.05, 3.63) is 52.8 Å². The number of anilines is 1. The molecule has 2 aromatic carbocycles. The summed E-state index contributed by atoms with van der Waals surface area (Å²) in [4.78, 5) is 12.5. The highest BCUT2D eigenvalue weighted by molar-refractivity contribution is 6.10. The van der Waals surface area contributed by atoms with E-state index in [-0.39, 0.29) is 17.0 Å². The maximum absolute atomic E-state index is 13.4. The van der Waals surface area contributed by atoms with Gasteiger partial charge in [-0.1, -0.05) is 0 Å². The van der Waals surface area contributed by atoms with Crippen LogP contribution in [0.15, 0.2) is 30.3 Å². The summed E-state index contributed by atoms with van der Waals surface area (Å²) < 4.78 is 23.8. The first-order valence-electron chi connectivity index (χ1n) is 6.29. The van der Waals surface area contributed by atoms with E-state index in [1.54, 1.807) is 19.1 Å². The van der Waals surface area contributed by atoms with Gasteiger partial charge in [0.2, 0.25) is 0 Å². The molecule has 2 N–H and O–H groups in total. The summed E-state index contributed by atoms with van der Waals surface area (Å²) >= 11 is 0. The average Bonchev–Trinajstić information content (AvgIpc) is 2.45. The number of methoxy groups -OCH3 is 2. The summed E-state index contributed by atoms with van der Waals surface area (Å²) in [6.07, 6.45) is 0. The molecule has 5 heteroatoms. The zero-order chi connectivity index (χ0) is 15.6. The molecule has 0 spiro atoms. The highest BCUT2D eigenvalue weighted by Gasteiger charge is 2.17. The van der Waals surface area contributed by atoms with Crippen LogP contribution in [-0.4, -0.2) is 20.0 Å². The number of carbonyl (C=O) groups is 1. The molecule has 4 nitrogen and oxygen atoms in total. The smallest absolute Gasteiger partial charge is 0.193 e. The Hall–Kier alpha value is -2.56. The first-order chi connectivity index (χ1) is 9.96. The molecule has 0 aromatic heterocycles. The molecular formula is C16H16FNO3. The lowest BCUT2D eigenvalue weighted by atomic mass is 9.98. The van der Waals surface area contributed by atoms with Crippen molar-refractivity contribution in [2.24, 2.45) is 0 Å². The average molecular weight is 289 g/mol. The predicted molar refractivity (Wildman–Crippen MR) is 78.5 cm³/mol.